The summed E-state index contributed by atoms with van der Waals surface area (Å²) in [6.45, 7) is 0.399. The third kappa shape index (κ3) is 3.12. The quantitative estimate of drug-likeness (QED) is 0.644. The molecule has 0 aliphatic carbocycles. The molecule has 0 aliphatic rings. The van der Waals surface area contributed by atoms with Crippen LogP contribution >= 0.6 is 0 Å². The molecule has 14 heavy (non-hydrogen) atoms. The number of hydrazine groups is 1. The number of carbonyl (C=O) groups excluding carboxylic acids is 1. The first-order chi connectivity index (χ1) is 6.74. The van der Waals surface area contributed by atoms with Crippen LogP contribution in [0.4, 0.5) is 0 Å². The number of hydrogen-bond acceptors (Lipinski definition) is 4. The van der Waals surface area contributed by atoms with E-state index in [0.29, 0.717) is 12.1 Å². The molecule has 2 N–H and O–H groups in total. The fourth-order valence-corrected chi connectivity index (χ4v) is 0.941. The van der Waals surface area contributed by atoms with Crippen LogP contribution < -0.4 is 5.43 Å². The monoisotopic (exact) mass is 195 g/mol. The molecule has 1 heterocycles. The van der Waals surface area contributed by atoms with Crippen LogP contribution in [-0.2, 0) is 0 Å². The predicted octanol–water partition coefficient (Wildman–Crippen LogP) is -0.350. The van der Waals surface area contributed by atoms with Crippen molar-refractivity contribution in [2.75, 3.05) is 20.2 Å². The van der Waals surface area contributed by atoms with Crippen molar-refractivity contribution in [1.82, 2.24) is 15.4 Å². The van der Waals surface area contributed by atoms with Gasteiger partial charge in [0.1, 0.15) is 0 Å². The average Bonchev–Trinajstić information content (AvgIpc) is 2.19. The van der Waals surface area contributed by atoms with Gasteiger partial charge in [0.25, 0.3) is 5.91 Å². The van der Waals surface area contributed by atoms with E-state index in [4.69, 9.17) is 5.11 Å². The first kappa shape index (κ1) is 10.6. The predicted molar refractivity (Wildman–Crippen MR) is 51.4 cm³/mol. The van der Waals surface area contributed by atoms with Crippen LogP contribution in [0.2, 0.25) is 0 Å². The number of amides is 1. The number of nitrogens with zero attached hydrogens (tertiary/aromatic N) is 2. The summed E-state index contributed by atoms with van der Waals surface area (Å²) in [4.78, 5) is 15.3. The largest absolute Gasteiger partial charge is 0.395 e. The Morgan fingerprint density at radius 2 is 2.50 bits per heavy atom. The topological polar surface area (TPSA) is 65.5 Å². The van der Waals surface area contributed by atoms with Gasteiger partial charge in [0.2, 0.25) is 0 Å². The third-order valence-corrected chi connectivity index (χ3v) is 1.65. The Balaban J connectivity index is 2.51. The molecule has 1 rings (SSSR count). The van der Waals surface area contributed by atoms with Crippen molar-refractivity contribution >= 4 is 5.91 Å². The summed E-state index contributed by atoms with van der Waals surface area (Å²) in [6, 6.07) is 3.37. The standard InChI is InChI=1S/C9H13N3O2/c1-12(5-6-13)11-9(14)8-3-2-4-10-7-8/h2-4,7,13H,5-6H2,1H3,(H,11,14). The van der Waals surface area contributed by atoms with E-state index < -0.39 is 0 Å². The third-order valence-electron chi connectivity index (χ3n) is 1.65. The number of carbonyl (C=O) groups is 1. The highest BCUT2D eigenvalue weighted by Gasteiger charge is 2.06. The summed E-state index contributed by atoms with van der Waals surface area (Å²) in [7, 11) is 1.69. The number of rotatable bonds is 4. The van der Waals surface area contributed by atoms with E-state index in [-0.39, 0.29) is 12.5 Å². The molecule has 0 aromatic carbocycles. The maximum atomic E-state index is 11.5. The Morgan fingerprint density at radius 1 is 1.71 bits per heavy atom. The molecule has 0 spiro atoms. The molecule has 0 unspecified atom stereocenters. The van der Waals surface area contributed by atoms with Crippen LogP contribution in [0.15, 0.2) is 24.5 Å². The SMILES string of the molecule is CN(CCO)NC(=O)c1cccnc1. The van der Waals surface area contributed by atoms with Crippen molar-refractivity contribution in [3.8, 4) is 0 Å². The van der Waals surface area contributed by atoms with Crippen molar-refractivity contribution < 1.29 is 9.90 Å². The Kier molecular flexibility index (Phi) is 4.03. The van der Waals surface area contributed by atoms with Crippen LogP contribution in [0, 0.1) is 0 Å². The van der Waals surface area contributed by atoms with E-state index in [1.807, 2.05) is 0 Å². The molecule has 0 bridgehead atoms. The van der Waals surface area contributed by atoms with Crippen LogP contribution in [0.5, 0.6) is 0 Å². The van der Waals surface area contributed by atoms with Crippen LogP contribution in [0.1, 0.15) is 10.4 Å². The zero-order valence-electron chi connectivity index (χ0n) is 7.97. The lowest BCUT2D eigenvalue weighted by atomic mass is 10.3. The molecular weight excluding hydrogens is 182 g/mol. The minimum Gasteiger partial charge on any atom is -0.395 e. The zero-order valence-corrected chi connectivity index (χ0v) is 7.97. The molecule has 1 aromatic rings. The Bertz CT molecular complexity index is 289. The average molecular weight is 195 g/mol. The van der Waals surface area contributed by atoms with Gasteiger partial charge in [-0.1, -0.05) is 0 Å². The molecule has 0 radical (unpaired) electrons. The highest BCUT2D eigenvalue weighted by atomic mass is 16.3. The molecule has 1 aromatic heterocycles. The highest BCUT2D eigenvalue weighted by molar-refractivity contribution is 5.93. The van der Waals surface area contributed by atoms with Gasteiger partial charge < -0.3 is 5.11 Å². The van der Waals surface area contributed by atoms with E-state index in [0.717, 1.165) is 0 Å². The van der Waals surface area contributed by atoms with E-state index >= 15 is 0 Å². The smallest absolute Gasteiger partial charge is 0.267 e. The minimum atomic E-state index is -0.228. The number of aliphatic hydroxyl groups excluding tert-OH is 1. The van der Waals surface area contributed by atoms with Crippen molar-refractivity contribution in [3.05, 3.63) is 30.1 Å². The fraction of sp³-hybridized carbons (Fsp3) is 0.333. The molecule has 0 aliphatic heterocycles. The summed E-state index contributed by atoms with van der Waals surface area (Å²) in [5.41, 5.74) is 3.09. The summed E-state index contributed by atoms with van der Waals surface area (Å²) in [6.07, 6.45) is 3.09. The molecule has 5 nitrogen and oxygen atoms in total. The van der Waals surface area contributed by atoms with Gasteiger partial charge in [-0.2, -0.15) is 0 Å². The Labute approximate surface area is 82.3 Å². The van der Waals surface area contributed by atoms with E-state index in [1.54, 1.807) is 25.4 Å². The van der Waals surface area contributed by atoms with Crippen molar-refractivity contribution in [3.63, 3.8) is 0 Å². The normalized spacial score (nSPS) is 10.2. The lowest BCUT2D eigenvalue weighted by Gasteiger charge is -2.16. The van der Waals surface area contributed by atoms with Gasteiger partial charge in [-0.25, -0.2) is 5.01 Å². The van der Waals surface area contributed by atoms with Gasteiger partial charge in [-0.05, 0) is 12.1 Å². The van der Waals surface area contributed by atoms with Gasteiger partial charge >= 0.3 is 0 Å². The number of nitrogens with one attached hydrogen (secondary N) is 1. The second-order valence-corrected chi connectivity index (χ2v) is 2.83. The second kappa shape index (κ2) is 5.31. The van der Waals surface area contributed by atoms with E-state index in [2.05, 4.69) is 10.4 Å². The van der Waals surface area contributed by atoms with Gasteiger partial charge in [-0.3, -0.25) is 15.2 Å². The minimum absolute atomic E-state index is 0.00379. The molecule has 5 heteroatoms. The maximum absolute atomic E-state index is 11.5. The lowest BCUT2D eigenvalue weighted by molar-refractivity contribution is 0.0802. The summed E-state index contributed by atoms with van der Waals surface area (Å²) >= 11 is 0. The number of hydrogen-bond donors (Lipinski definition) is 2. The molecule has 1 amide bonds. The van der Waals surface area contributed by atoms with Crippen molar-refractivity contribution in [2.45, 2.75) is 0 Å². The summed E-state index contributed by atoms with van der Waals surface area (Å²) in [5.74, 6) is -0.228. The first-order valence-corrected chi connectivity index (χ1v) is 4.27. The van der Waals surface area contributed by atoms with Crippen LogP contribution in [0.25, 0.3) is 0 Å². The summed E-state index contributed by atoms with van der Waals surface area (Å²) < 4.78 is 0. The van der Waals surface area contributed by atoms with Crippen LogP contribution in [0.3, 0.4) is 0 Å². The summed E-state index contributed by atoms with van der Waals surface area (Å²) in [5, 5.41) is 10.1. The van der Waals surface area contributed by atoms with Crippen molar-refractivity contribution in [1.29, 1.82) is 0 Å². The molecule has 0 fully saturated rings. The molecule has 0 saturated carbocycles. The van der Waals surface area contributed by atoms with Crippen molar-refractivity contribution in [2.24, 2.45) is 0 Å². The number of aliphatic hydroxyl groups is 1. The molecule has 76 valence electrons. The number of pyridine rings is 1. The zero-order chi connectivity index (χ0) is 10.4. The highest BCUT2D eigenvalue weighted by Crippen LogP contribution is 1.94. The fourth-order valence-electron chi connectivity index (χ4n) is 0.941. The molecular formula is C9H13N3O2. The first-order valence-electron chi connectivity index (χ1n) is 4.27. The molecule has 0 saturated heterocycles. The Hall–Kier alpha value is -1.46. The van der Waals surface area contributed by atoms with Gasteiger partial charge in [0.05, 0.1) is 12.2 Å². The van der Waals surface area contributed by atoms with Gasteiger partial charge in [-0.15, -0.1) is 0 Å². The van der Waals surface area contributed by atoms with E-state index in [1.165, 1.54) is 11.2 Å². The van der Waals surface area contributed by atoms with E-state index in [9.17, 15) is 4.79 Å². The van der Waals surface area contributed by atoms with Crippen LogP contribution in [-0.4, -0.2) is 41.2 Å². The number of aromatic nitrogens is 1. The van der Waals surface area contributed by atoms with Gasteiger partial charge in [0.15, 0.2) is 0 Å². The maximum Gasteiger partial charge on any atom is 0.267 e. The number of likely N-dealkylation sites (N-methyl/N-ethyl adjacent to an activating group) is 1. The lowest BCUT2D eigenvalue weighted by Crippen LogP contribution is -2.40. The second-order valence-electron chi connectivity index (χ2n) is 2.83. The molecule has 0 atom stereocenters. The Morgan fingerprint density at radius 3 is 3.07 bits per heavy atom. The van der Waals surface area contributed by atoms with Gasteiger partial charge in [0, 0.05) is 26.0 Å².